The van der Waals surface area contributed by atoms with E-state index < -0.39 is 12.8 Å². The lowest BCUT2D eigenvalue weighted by Gasteiger charge is -1.65. The van der Waals surface area contributed by atoms with Crippen molar-refractivity contribution in [3.05, 3.63) is 0 Å². The molecule has 0 bridgehead atoms. The maximum Gasteiger partial charge on any atom is 0.503 e. The Morgan fingerprint density at radius 2 is 1.25 bits per heavy atom. The second-order valence-corrected chi connectivity index (χ2v) is 0.530. The van der Waals surface area contributed by atoms with Gasteiger partial charge in [-0.1, -0.05) is 0 Å². The molecule has 0 aromatic rings. The Balaban J connectivity index is 0. The van der Waals surface area contributed by atoms with Crippen molar-refractivity contribution in [1.82, 2.24) is 0 Å². The van der Waals surface area contributed by atoms with Crippen LogP contribution in [0.15, 0.2) is 0 Å². The van der Waals surface area contributed by atoms with Crippen LogP contribution in [0.4, 0.5) is 18.0 Å². The lowest BCUT2D eigenvalue weighted by atomic mass is 11.5. The first-order chi connectivity index (χ1) is 3.46. The molecule has 3 nitrogen and oxygen atoms in total. The van der Waals surface area contributed by atoms with Gasteiger partial charge in [-0.05, 0) is 0 Å². The molecule has 0 saturated heterocycles. The van der Waals surface area contributed by atoms with E-state index in [9.17, 15) is 13.2 Å². The van der Waals surface area contributed by atoms with Gasteiger partial charge < -0.3 is 10.2 Å². The molecule has 2 N–H and O–H groups in total. The Morgan fingerprint density at radius 3 is 1.25 bits per heavy atom. The Labute approximate surface area is 42.4 Å². The van der Waals surface area contributed by atoms with Crippen LogP contribution in [0.25, 0.3) is 0 Å². The highest BCUT2D eigenvalue weighted by Crippen LogP contribution is 1.87. The Bertz CT molecular complexity index is 56.8. The van der Waals surface area contributed by atoms with Gasteiger partial charge in [0.2, 0.25) is 0 Å². The lowest BCUT2D eigenvalue weighted by molar-refractivity contribution is 0.00818. The Hall–Kier alpha value is -0.940. The fraction of sp³-hybridized carbons (Fsp3) is 0.500. The molecule has 0 aromatic heterocycles. The van der Waals surface area contributed by atoms with Gasteiger partial charge in [-0.25, -0.2) is 4.79 Å². The van der Waals surface area contributed by atoms with Crippen molar-refractivity contribution in [1.29, 1.82) is 0 Å². The zero-order valence-corrected chi connectivity index (χ0v) is 3.51. The molecular formula is C2H3F3O3. The maximum atomic E-state index is 9.67. The summed E-state index contributed by atoms with van der Waals surface area (Å²) in [6, 6.07) is 0. The van der Waals surface area contributed by atoms with Crippen molar-refractivity contribution in [3.8, 4) is 0 Å². The van der Waals surface area contributed by atoms with E-state index in [4.69, 9.17) is 15.0 Å². The van der Waals surface area contributed by atoms with Crippen molar-refractivity contribution >= 4 is 6.16 Å². The highest BCUT2D eigenvalue weighted by molar-refractivity contribution is 5.53. The van der Waals surface area contributed by atoms with Gasteiger partial charge in [0.15, 0.2) is 0 Å². The van der Waals surface area contributed by atoms with Crippen LogP contribution in [-0.2, 0) is 0 Å². The van der Waals surface area contributed by atoms with E-state index in [1.165, 1.54) is 0 Å². The van der Waals surface area contributed by atoms with E-state index in [-0.39, 0.29) is 0 Å². The van der Waals surface area contributed by atoms with Gasteiger partial charge in [0, 0.05) is 0 Å². The van der Waals surface area contributed by atoms with E-state index in [0.717, 1.165) is 0 Å². The summed E-state index contributed by atoms with van der Waals surface area (Å²) in [4.78, 5) is 8.56. The monoisotopic (exact) mass is 132 g/mol. The molecule has 0 spiro atoms. The maximum absolute atomic E-state index is 9.67. The van der Waals surface area contributed by atoms with E-state index in [1.54, 1.807) is 0 Å². The minimum atomic E-state index is -3.67. The second-order valence-electron chi connectivity index (χ2n) is 0.530. The molecule has 0 heterocycles. The zero-order chi connectivity index (χ0) is 7.15. The Morgan fingerprint density at radius 1 is 1.25 bits per heavy atom. The number of carbonyl (C=O) groups is 1. The average molecular weight is 132 g/mol. The van der Waals surface area contributed by atoms with Crippen LogP contribution in [0, 0.1) is 0 Å². The first kappa shape index (κ1) is 10.1. The van der Waals surface area contributed by atoms with Gasteiger partial charge >= 0.3 is 12.8 Å². The number of rotatable bonds is 0. The van der Waals surface area contributed by atoms with Crippen molar-refractivity contribution in [2.45, 2.75) is 6.68 Å². The summed E-state index contributed by atoms with van der Waals surface area (Å²) >= 11 is 0. The predicted molar refractivity (Wildman–Crippen MR) is 17.8 cm³/mol. The van der Waals surface area contributed by atoms with Gasteiger partial charge in [0.05, 0.1) is 0 Å². The summed E-state index contributed by atoms with van der Waals surface area (Å²) in [5.41, 5.74) is 0. The zero-order valence-electron chi connectivity index (χ0n) is 3.51. The van der Waals surface area contributed by atoms with E-state index in [1.807, 2.05) is 0 Å². The van der Waals surface area contributed by atoms with Gasteiger partial charge in [0.1, 0.15) is 0 Å². The molecule has 0 amide bonds. The molecule has 0 atom stereocenters. The van der Waals surface area contributed by atoms with Crippen molar-refractivity contribution < 1.29 is 28.2 Å². The minimum absolute atomic E-state index is 1.83. The number of hydrogen-bond acceptors (Lipinski definition) is 1. The summed E-state index contributed by atoms with van der Waals surface area (Å²) < 4.78 is 29.0. The van der Waals surface area contributed by atoms with Gasteiger partial charge in [-0.3, -0.25) is 0 Å². The first-order valence-corrected chi connectivity index (χ1v) is 1.31. The second kappa shape index (κ2) is 6.06. The quantitative estimate of drug-likeness (QED) is 0.523. The predicted octanol–water partition coefficient (Wildman–Crippen LogP) is 1.40. The molecule has 0 aromatic carbocycles. The largest absolute Gasteiger partial charge is 0.503 e. The highest BCUT2D eigenvalue weighted by Gasteiger charge is 1.86. The molecule has 0 radical (unpaired) electrons. The third kappa shape index (κ3) is 94.4. The molecule has 0 unspecified atom stereocenters. The van der Waals surface area contributed by atoms with Crippen LogP contribution < -0.4 is 0 Å². The number of carboxylic acid groups (broad SMARTS) is 2. The number of alkyl halides is 3. The first-order valence-electron chi connectivity index (χ1n) is 1.31. The molecule has 0 rings (SSSR count). The molecule has 8 heavy (non-hydrogen) atoms. The van der Waals surface area contributed by atoms with Gasteiger partial charge in [-0.15, -0.1) is 0 Å². The third-order valence-electron chi connectivity index (χ3n) is 0. The van der Waals surface area contributed by atoms with E-state index in [2.05, 4.69) is 0 Å². The minimum Gasteiger partial charge on any atom is -0.450 e. The fourth-order valence-electron chi connectivity index (χ4n) is 0. The fourth-order valence-corrected chi connectivity index (χ4v) is 0. The molecule has 0 saturated carbocycles. The molecule has 0 aliphatic carbocycles. The van der Waals surface area contributed by atoms with Crippen LogP contribution in [0.2, 0.25) is 0 Å². The van der Waals surface area contributed by atoms with Crippen molar-refractivity contribution in [3.63, 3.8) is 0 Å². The van der Waals surface area contributed by atoms with E-state index >= 15 is 0 Å². The number of hydrogen-bond donors (Lipinski definition) is 2. The standard InChI is InChI=1S/CHF3.CH2O3/c2*2-1(3)4/h1H;(H2,2,3,4). The molecule has 50 valence electrons. The number of halogens is 3. The van der Waals surface area contributed by atoms with Crippen molar-refractivity contribution in [2.75, 3.05) is 0 Å². The summed E-state index contributed by atoms with van der Waals surface area (Å²) in [6.45, 7) is -3.67. The topological polar surface area (TPSA) is 57.5 Å². The van der Waals surface area contributed by atoms with E-state index in [0.29, 0.717) is 0 Å². The smallest absolute Gasteiger partial charge is 0.450 e. The summed E-state index contributed by atoms with van der Waals surface area (Å²) in [5, 5.41) is 13.9. The van der Waals surface area contributed by atoms with Crippen LogP contribution in [0.1, 0.15) is 0 Å². The summed E-state index contributed by atoms with van der Waals surface area (Å²) in [7, 11) is 0. The van der Waals surface area contributed by atoms with Crippen LogP contribution in [0.3, 0.4) is 0 Å². The average Bonchev–Trinajstić information content (AvgIpc) is 1.25. The summed E-state index contributed by atoms with van der Waals surface area (Å²) in [6.07, 6.45) is -1.83. The molecule has 6 heteroatoms. The van der Waals surface area contributed by atoms with Crippen molar-refractivity contribution in [2.24, 2.45) is 0 Å². The highest BCUT2D eigenvalue weighted by atomic mass is 19.4. The molecule has 0 fully saturated rings. The van der Waals surface area contributed by atoms with Crippen LogP contribution in [0.5, 0.6) is 0 Å². The Kier molecular flexibility index (Phi) is 7.67. The molecular weight excluding hydrogens is 129 g/mol. The van der Waals surface area contributed by atoms with Crippen LogP contribution >= 0.6 is 0 Å². The normalized spacial score (nSPS) is 7.50. The van der Waals surface area contributed by atoms with Gasteiger partial charge in [0.25, 0.3) is 0 Å². The SMILES string of the molecule is FC(F)F.O=C(O)O. The van der Waals surface area contributed by atoms with Crippen LogP contribution in [-0.4, -0.2) is 23.0 Å². The molecule has 0 aliphatic heterocycles. The lowest BCUT2D eigenvalue weighted by Crippen LogP contribution is -1.81. The van der Waals surface area contributed by atoms with Gasteiger partial charge in [-0.2, -0.15) is 13.2 Å². The summed E-state index contributed by atoms with van der Waals surface area (Å²) in [5.74, 6) is 0. The third-order valence-corrected chi connectivity index (χ3v) is 0. The molecule has 0 aliphatic rings.